The number of nitrogens with zero attached hydrogens (tertiary/aromatic N) is 2. The van der Waals surface area contributed by atoms with Crippen LogP contribution in [0.1, 0.15) is 25.2 Å². The first-order valence-electron chi connectivity index (χ1n) is 5.23. The van der Waals surface area contributed by atoms with Gasteiger partial charge in [-0.3, -0.25) is 9.48 Å². The van der Waals surface area contributed by atoms with Crippen LogP contribution in [0, 0.1) is 12.8 Å². The number of aliphatic hydroxyl groups is 1. The van der Waals surface area contributed by atoms with Crippen LogP contribution in [0.25, 0.3) is 0 Å². The molecule has 0 bridgehead atoms. The van der Waals surface area contributed by atoms with E-state index >= 15 is 0 Å². The number of aryl methyl sites for hydroxylation is 2. The van der Waals surface area contributed by atoms with Crippen molar-refractivity contribution in [2.45, 2.75) is 33.3 Å². The van der Waals surface area contributed by atoms with Crippen molar-refractivity contribution in [3.05, 3.63) is 16.4 Å². The molecule has 1 aromatic heterocycles. The molecule has 16 heavy (non-hydrogen) atoms. The van der Waals surface area contributed by atoms with Gasteiger partial charge in [0.15, 0.2) is 5.78 Å². The van der Waals surface area contributed by atoms with Crippen molar-refractivity contribution >= 4 is 17.4 Å². The van der Waals surface area contributed by atoms with Crippen molar-refractivity contribution in [3.8, 4) is 0 Å². The highest BCUT2D eigenvalue weighted by Crippen LogP contribution is 2.20. The molecule has 4 nitrogen and oxygen atoms in total. The molecule has 0 aliphatic rings. The van der Waals surface area contributed by atoms with Gasteiger partial charge >= 0.3 is 0 Å². The Morgan fingerprint density at radius 1 is 1.56 bits per heavy atom. The Kier molecular flexibility index (Phi) is 4.10. The highest BCUT2D eigenvalue weighted by molar-refractivity contribution is 6.32. The Morgan fingerprint density at radius 2 is 2.12 bits per heavy atom. The predicted octanol–water partition coefficient (Wildman–Crippen LogP) is 1.51. The van der Waals surface area contributed by atoms with E-state index in [-0.39, 0.29) is 18.1 Å². The van der Waals surface area contributed by atoms with E-state index in [0.717, 1.165) is 0 Å². The zero-order valence-corrected chi connectivity index (χ0v) is 10.7. The van der Waals surface area contributed by atoms with E-state index in [4.69, 9.17) is 11.6 Å². The first-order valence-corrected chi connectivity index (χ1v) is 5.61. The molecule has 0 fully saturated rings. The van der Waals surface area contributed by atoms with Crippen LogP contribution in [-0.2, 0) is 18.3 Å². The van der Waals surface area contributed by atoms with Gasteiger partial charge in [-0.05, 0) is 12.8 Å². The summed E-state index contributed by atoms with van der Waals surface area (Å²) in [6, 6.07) is 0. The van der Waals surface area contributed by atoms with Crippen molar-refractivity contribution in [1.29, 1.82) is 0 Å². The average Bonchev–Trinajstić information content (AvgIpc) is 2.43. The molecule has 90 valence electrons. The van der Waals surface area contributed by atoms with Crippen molar-refractivity contribution in [2.75, 3.05) is 0 Å². The molecular weight excluding hydrogens is 228 g/mol. The number of aromatic nitrogens is 2. The van der Waals surface area contributed by atoms with Crippen molar-refractivity contribution in [2.24, 2.45) is 13.0 Å². The third-order valence-corrected chi connectivity index (χ3v) is 3.06. The van der Waals surface area contributed by atoms with Crippen molar-refractivity contribution < 1.29 is 9.90 Å². The lowest BCUT2D eigenvalue weighted by molar-refractivity contribution is -0.128. The minimum absolute atomic E-state index is 0.0828. The lowest BCUT2D eigenvalue weighted by atomic mass is 10.00. The molecule has 1 heterocycles. The fourth-order valence-electron chi connectivity index (χ4n) is 1.51. The number of Topliss-reactive ketones (excluding diaryl/α,β-unsaturated/α-hetero) is 1. The van der Waals surface area contributed by atoms with E-state index in [1.54, 1.807) is 32.5 Å². The van der Waals surface area contributed by atoms with Crippen LogP contribution < -0.4 is 0 Å². The second-order valence-electron chi connectivity index (χ2n) is 4.30. The molecule has 0 saturated carbocycles. The largest absolute Gasteiger partial charge is 0.385 e. The maximum Gasteiger partial charge on any atom is 0.167 e. The SMILES string of the molecule is Cc1nn(C)c(CC(=O)C(O)C(C)C)c1Cl. The molecule has 0 radical (unpaired) electrons. The summed E-state index contributed by atoms with van der Waals surface area (Å²) in [5.74, 6) is -0.305. The van der Waals surface area contributed by atoms with Crippen LogP contribution in [0.4, 0.5) is 0 Å². The Bertz CT molecular complexity index is 399. The van der Waals surface area contributed by atoms with Gasteiger partial charge in [-0.2, -0.15) is 5.10 Å². The van der Waals surface area contributed by atoms with Crippen LogP contribution in [0.5, 0.6) is 0 Å². The molecule has 5 heteroatoms. The number of carbonyl (C=O) groups excluding carboxylic acids is 1. The van der Waals surface area contributed by atoms with E-state index in [0.29, 0.717) is 16.4 Å². The molecule has 1 atom stereocenters. The molecule has 1 unspecified atom stereocenters. The normalized spacial score (nSPS) is 13.2. The standard InChI is InChI=1S/C11H17ClN2O2/c1-6(2)11(16)9(15)5-8-10(12)7(3)13-14(8)4/h6,11,16H,5H2,1-4H3. The van der Waals surface area contributed by atoms with Gasteiger partial charge in [-0.1, -0.05) is 25.4 Å². The second-order valence-corrected chi connectivity index (χ2v) is 4.68. The molecule has 0 aliphatic heterocycles. The molecular formula is C11H17ClN2O2. The fraction of sp³-hybridized carbons (Fsp3) is 0.636. The fourth-order valence-corrected chi connectivity index (χ4v) is 1.74. The lowest BCUT2D eigenvalue weighted by Crippen LogP contribution is -2.28. The zero-order valence-electron chi connectivity index (χ0n) is 9.99. The van der Waals surface area contributed by atoms with Gasteiger partial charge in [0.2, 0.25) is 0 Å². The minimum Gasteiger partial charge on any atom is -0.385 e. The summed E-state index contributed by atoms with van der Waals surface area (Å²) in [5, 5.41) is 14.2. The minimum atomic E-state index is -0.939. The summed E-state index contributed by atoms with van der Waals surface area (Å²) in [5.41, 5.74) is 1.36. The molecule has 1 aromatic rings. The third kappa shape index (κ3) is 2.62. The molecule has 0 spiro atoms. The molecule has 1 rings (SSSR count). The quantitative estimate of drug-likeness (QED) is 0.874. The summed E-state index contributed by atoms with van der Waals surface area (Å²) in [7, 11) is 1.74. The molecule has 0 amide bonds. The van der Waals surface area contributed by atoms with Gasteiger partial charge < -0.3 is 5.11 Å². The molecule has 0 saturated heterocycles. The maximum atomic E-state index is 11.7. The summed E-state index contributed by atoms with van der Waals surface area (Å²) in [6.45, 7) is 5.40. The Hall–Kier alpha value is -0.870. The Morgan fingerprint density at radius 3 is 2.50 bits per heavy atom. The topological polar surface area (TPSA) is 55.1 Å². The smallest absolute Gasteiger partial charge is 0.167 e. The summed E-state index contributed by atoms with van der Waals surface area (Å²) in [6.07, 6.45) is -0.818. The molecule has 0 aliphatic carbocycles. The van der Waals surface area contributed by atoms with Gasteiger partial charge in [0.05, 0.1) is 22.8 Å². The third-order valence-electron chi connectivity index (χ3n) is 2.56. The molecule has 0 aromatic carbocycles. The lowest BCUT2D eigenvalue weighted by Gasteiger charge is -2.13. The van der Waals surface area contributed by atoms with Gasteiger partial charge in [-0.15, -0.1) is 0 Å². The van der Waals surface area contributed by atoms with E-state index in [1.807, 2.05) is 0 Å². The monoisotopic (exact) mass is 244 g/mol. The highest BCUT2D eigenvalue weighted by atomic mass is 35.5. The Balaban J connectivity index is 2.85. The van der Waals surface area contributed by atoms with Gasteiger partial charge in [0.1, 0.15) is 6.10 Å². The number of hydrogen-bond donors (Lipinski definition) is 1. The number of hydrogen-bond acceptors (Lipinski definition) is 3. The zero-order chi connectivity index (χ0) is 12.5. The van der Waals surface area contributed by atoms with Crippen LogP contribution in [0.3, 0.4) is 0 Å². The van der Waals surface area contributed by atoms with Crippen LogP contribution in [0.2, 0.25) is 5.02 Å². The van der Waals surface area contributed by atoms with E-state index in [9.17, 15) is 9.90 Å². The first kappa shape index (κ1) is 13.2. The summed E-state index contributed by atoms with van der Waals surface area (Å²) in [4.78, 5) is 11.7. The molecule has 1 N–H and O–H groups in total. The van der Waals surface area contributed by atoms with E-state index in [1.165, 1.54) is 0 Å². The predicted molar refractivity (Wildman–Crippen MR) is 62.5 cm³/mol. The Labute approximate surface area is 100 Å². The van der Waals surface area contributed by atoms with Crippen molar-refractivity contribution in [3.63, 3.8) is 0 Å². The second kappa shape index (κ2) is 4.97. The van der Waals surface area contributed by atoms with E-state index < -0.39 is 6.10 Å². The summed E-state index contributed by atoms with van der Waals surface area (Å²) >= 11 is 6.03. The average molecular weight is 245 g/mol. The van der Waals surface area contributed by atoms with Crippen LogP contribution in [-0.4, -0.2) is 26.8 Å². The van der Waals surface area contributed by atoms with E-state index in [2.05, 4.69) is 5.10 Å². The number of halogens is 1. The van der Waals surface area contributed by atoms with Crippen LogP contribution >= 0.6 is 11.6 Å². The number of ketones is 1. The van der Waals surface area contributed by atoms with Crippen LogP contribution in [0.15, 0.2) is 0 Å². The van der Waals surface area contributed by atoms with Gasteiger partial charge in [0, 0.05) is 7.05 Å². The van der Waals surface area contributed by atoms with Crippen molar-refractivity contribution in [1.82, 2.24) is 9.78 Å². The highest BCUT2D eigenvalue weighted by Gasteiger charge is 2.22. The number of rotatable bonds is 4. The summed E-state index contributed by atoms with van der Waals surface area (Å²) < 4.78 is 1.59. The maximum absolute atomic E-state index is 11.7. The number of carbonyl (C=O) groups is 1. The number of aliphatic hydroxyl groups excluding tert-OH is 1. The van der Waals surface area contributed by atoms with Gasteiger partial charge in [-0.25, -0.2) is 0 Å². The first-order chi connectivity index (χ1) is 7.34. The van der Waals surface area contributed by atoms with Gasteiger partial charge in [0.25, 0.3) is 0 Å².